The molecule has 2 aromatic carbocycles. The molecular weight excluding hydrogens is 362 g/mol. The average Bonchev–Trinajstić information content (AvgIpc) is 2.54. The molecule has 3 nitrogen and oxygen atoms in total. The lowest BCUT2D eigenvalue weighted by molar-refractivity contribution is -0.143. The van der Waals surface area contributed by atoms with Crippen LogP contribution in [0.15, 0.2) is 30.3 Å². The molecule has 0 saturated carbocycles. The molecule has 0 saturated heterocycles. The summed E-state index contributed by atoms with van der Waals surface area (Å²) < 4.78 is 59.6. The van der Waals surface area contributed by atoms with Crippen molar-refractivity contribution >= 4 is 5.97 Å². The van der Waals surface area contributed by atoms with Gasteiger partial charge in [0.15, 0.2) is 0 Å². The number of esters is 1. The first-order valence-corrected chi connectivity index (χ1v) is 8.44. The maximum Gasteiger partial charge on any atom is 0.419 e. The van der Waals surface area contributed by atoms with Gasteiger partial charge in [-0.2, -0.15) is 13.2 Å². The number of carbonyl (C=O) groups is 1. The number of alkyl halides is 3. The molecule has 7 heteroatoms. The van der Waals surface area contributed by atoms with E-state index in [0.29, 0.717) is 5.56 Å². The fourth-order valence-electron chi connectivity index (χ4n) is 3.05. The molecular formula is C20H21F4NO2. The SMILES string of the molecule is CCOC(=O)C[C@H](N)c1cc(-c2c(C)cccc2C)cc(C(F)(F)F)c1F. The van der Waals surface area contributed by atoms with Gasteiger partial charge in [-0.3, -0.25) is 4.79 Å². The molecule has 1 atom stereocenters. The van der Waals surface area contributed by atoms with Gasteiger partial charge in [-0.25, -0.2) is 4.39 Å². The summed E-state index contributed by atoms with van der Waals surface area (Å²) in [6.45, 7) is 5.21. The molecule has 0 bridgehead atoms. The number of nitrogens with two attached hydrogens (primary N) is 1. The molecule has 0 aromatic heterocycles. The molecule has 2 rings (SSSR count). The quantitative estimate of drug-likeness (QED) is 0.579. The third-order valence-corrected chi connectivity index (χ3v) is 4.27. The summed E-state index contributed by atoms with van der Waals surface area (Å²) in [4.78, 5) is 11.6. The minimum absolute atomic E-state index is 0.101. The molecule has 0 fully saturated rings. The second kappa shape index (κ2) is 8.08. The first-order valence-electron chi connectivity index (χ1n) is 8.44. The van der Waals surface area contributed by atoms with Gasteiger partial charge in [0.05, 0.1) is 18.6 Å². The van der Waals surface area contributed by atoms with Crippen LogP contribution in [0.25, 0.3) is 11.1 Å². The van der Waals surface area contributed by atoms with Gasteiger partial charge in [0.1, 0.15) is 5.82 Å². The summed E-state index contributed by atoms with van der Waals surface area (Å²) in [6.07, 6.45) is -5.31. The van der Waals surface area contributed by atoms with Gasteiger partial charge in [-0.05, 0) is 55.2 Å². The van der Waals surface area contributed by atoms with Crippen molar-refractivity contribution in [1.82, 2.24) is 0 Å². The Labute approximate surface area is 155 Å². The zero-order chi connectivity index (χ0) is 20.4. The molecule has 0 aliphatic heterocycles. The van der Waals surface area contributed by atoms with Crippen molar-refractivity contribution in [1.29, 1.82) is 0 Å². The number of rotatable bonds is 5. The van der Waals surface area contributed by atoms with E-state index in [1.54, 1.807) is 39.0 Å². The number of aryl methyl sites for hydroxylation is 2. The monoisotopic (exact) mass is 383 g/mol. The van der Waals surface area contributed by atoms with Crippen LogP contribution in [0.2, 0.25) is 0 Å². The van der Waals surface area contributed by atoms with E-state index in [-0.39, 0.29) is 17.7 Å². The predicted octanol–water partition coefficient (Wildman–Crippen LogP) is 5.08. The summed E-state index contributed by atoms with van der Waals surface area (Å²) >= 11 is 0. The first-order chi connectivity index (χ1) is 12.6. The fraction of sp³-hybridized carbons (Fsp3) is 0.350. The highest BCUT2D eigenvalue weighted by Crippen LogP contribution is 2.39. The Morgan fingerprint density at radius 1 is 1.19 bits per heavy atom. The molecule has 2 N–H and O–H groups in total. The van der Waals surface area contributed by atoms with Gasteiger partial charge in [0.2, 0.25) is 0 Å². The molecule has 27 heavy (non-hydrogen) atoms. The second-order valence-corrected chi connectivity index (χ2v) is 6.31. The van der Waals surface area contributed by atoms with Crippen LogP contribution in [0.3, 0.4) is 0 Å². The van der Waals surface area contributed by atoms with E-state index in [1.807, 2.05) is 0 Å². The molecule has 0 heterocycles. The average molecular weight is 383 g/mol. The van der Waals surface area contributed by atoms with E-state index in [9.17, 15) is 22.4 Å². The van der Waals surface area contributed by atoms with Crippen LogP contribution >= 0.6 is 0 Å². The lowest BCUT2D eigenvalue weighted by atomic mass is 9.90. The molecule has 146 valence electrons. The molecule has 0 unspecified atom stereocenters. The van der Waals surface area contributed by atoms with Crippen molar-refractivity contribution in [2.24, 2.45) is 5.73 Å². The van der Waals surface area contributed by atoms with Crippen LogP contribution in [0.4, 0.5) is 17.6 Å². The predicted molar refractivity (Wildman–Crippen MR) is 94.5 cm³/mol. The van der Waals surface area contributed by atoms with Crippen LogP contribution < -0.4 is 5.73 Å². The Bertz CT molecular complexity index is 826. The van der Waals surface area contributed by atoms with Gasteiger partial charge >= 0.3 is 12.1 Å². The van der Waals surface area contributed by atoms with Gasteiger partial charge in [-0.15, -0.1) is 0 Å². The van der Waals surface area contributed by atoms with Crippen LogP contribution in [0.5, 0.6) is 0 Å². The topological polar surface area (TPSA) is 52.3 Å². The zero-order valence-electron chi connectivity index (χ0n) is 15.3. The standard InChI is InChI=1S/C20H21F4NO2/c1-4-27-17(26)10-16(25)14-8-13(9-15(19(14)21)20(22,23)24)18-11(2)6-5-7-12(18)3/h5-9,16H,4,10,25H2,1-3H3/t16-/m0/s1. The van der Waals surface area contributed by atoms with Gasteiger partial charge in [-0.1, -0.05) is 18.2 Å². The Balaban J connectivity index is 2.65. The van der Waals surface area contributed by atoms with E-state index in [1.165, 1.54) is 6.07 Å². The Kier molecular flexibility index (Phi) is 6.26. The summed E-state index contributed by atoms with van der Waals surface area (Å²) in [7, 11) is 0. The highest BCUT2D eigenvalue weighted by Gasteiger charge is 2.37. The van der Waals surface area contributed by atoms with Crippen molar-refractivity contribution in [2.45, 2.75) is 39.4 Å². The van der Waals surface area contributed by atoms with E-state index in [2.05, 4.69) is 0 Å². The normalized spacial score (nSPS) is 12.7. The van der Waals surface area contributed by atoms with Gasteiger partial charge in [0, 0.05) is 11.6 Å². The highest BCUT2D eigenvalue weighted by molar-refractivity contribution is 5.73. The second-order valence-electron chi connectivity index (χ2n) is 6.31. The number of benzene rings is 2. The third-order valence-electron chi connectivity index (χ3n) is 4.27. The lowest BCUT2D eigenvalue weighted by Crippen LogP contribution is -2.20. The van der Waals surface area contributed by atoms with Crippen molar-refractivity contribution in [3.05, 3.63) is 58.4 Å². The van der Waals surface area contributed by atoms with Gasteiger partial charge in [0.25, 0.3) is 0 Å². The molecule has 0 spiro atoms. The molecule has 0 amide bonds. The van der Waals surface area contributed by atoms with Crippen LogP contribution in [-0.2, 0) is 15.7 Å². The van der Waals surface area contributed by atoms with E-state index >= 15 is 0 Å². The Morgan fingerprint density at radius 3 is 2.30 bits per heavy atom. The Hall–Kier alpha value is -2.41. The maximum absolute atomic E-state index is 14.6. The number of halogens is 4. The van der Waals surface area contributed by atoms with Crippen molar-refractivity contribution in [3.63, 3.8) is 0 Å². The molecule has 0 aliphatic carbocycles. The molecule has 2 aromatic rings. The third kappa shape index (κ3) is 4.66. The molecule has 0 radical (unpaired) electrons. The first kappa shape index (κ1) is 20.9. The van der Waals surface area contributed by atoms with Crippen molar-refractivity contribution in [2.75, 3.05) is 6.61 Å². The fourth-order valence-corrected chi connectivity index (χ4v) is 3.05. The summed E-state index contributed by atoms with van der Waals surface area (Å²) in [6, 6.07) is 6.12. The summed E-state index contributed by atoms with van der Waals surface area (Å²) in [5.41, 5.74) is 6.36. The zero-order valence-corrected chi connectivity index (χ0v) is 15.3. The smallest absolute Gasteiger partial charge is 0.419 e. The van der Waals surface area contributed by atoms with E-state index in [0.717, 1.165) is 17.2 Å². The highest BCUT2D eigenvalue weighted by atomic mass is 19.4. The largest absolute Gasteiger partial charge is 0.466 e. The minimum atomic E-state index is -4.89. The van der Waals surface area contributed by atoms with E-state index in [4.69, 9.17) is 10.5 Å². The van der Waals surface area contributed by atoms with Gasteiger partial charge < -0.3 is 10.5 Å². The van der Waals surface area contributed by atoms with E-state index < -0.39 is 36.0 Å². The number of ether oxygens (including phenoxy) is 1. The Morgan fingerprint density at radius 2 is 1.78 bits per heavy atom. The lowest BCUT2D eigenvalue weighted by Gasteiger charge is -2.19. The minimum Gasteiger partial charge on any atom is -0.466 e. The number of hydrogen-bond donors (Lipinski definition) is 1. The van der Waals surface area contributed by atoms with Crippen LogP contribution in [0.1, 0.15) is 41.6 Å². The summed E-state index contributed by atoms with van der Waals surface area (Å²) in [5.74, 6) is -2.16. The maximum atomic E-state index is 14.6. The van der Waals surface area contributed by atoms with Crippen LogP contribution in [0, 0.1) is 19.7 Å². The van der Waals surface area contributed by atoms with Crippen molar-refractivity contribution in [3.8, 4) is 11.1 Å². The van der Waals surface area contributed by atoms with Crippen LogP contribution in [-0.4, -0.2) is 12.6 Å². The number of carbonyl (C=O) groups excluding carboxylic acids is 1. The molecule has 0 aliphatic rings. The summed E-state index contributed by atoms with van der Waals surface area (Å²) in [5, 5.41) is 0. The number of hydrogen-bond acceptors (Lipinski definition) is 3. The van der Waals surface area contributed by atoms with Crippen molar-refractivity contribution < 1.29 is 27.1 Å².